The molecule has 0 saturated carbocycles. The van der Waals surface area contributed by atoms with E-state index in [-0.39, 0.29) is 0 Å². The number of hydrogen-bond donors (Lipinski definition) is 1. The largest absolute Gasteiger partial charge is 0.380 e. The first-order chi connectivity index (χ1) is 7.38. The Morgan fingerprint density at radius 2 is 2.33 bits per heavy atom. The Morgan fingerprint density at radius 1 is 1.40 bits per heavy atom. The molecule has 0 aromatic heterocycles. The maximum atomic E-state index is 5.37. The standard InChI is InChI=1S/C11H22N2OS/c1-14-11-7-10(12-8-11)9-13-3-2-5-15-6-4-13/h10-12H,2-9H2,1H3. The van der Waals surface area contributed by atoms with E-state index in [0.717, 1.165) is 6.54 Å². The molecule has 0 aliphatic carbocycles. The first-order valence-corrected chi connectivity index (χ1v) is 7.10. The molecule has 0 bridgehead atoms. The van der Waals surface area contributed by atoms with Gasteiger partial charge >= 0.3 is 0 Å². The average molecular weight is 230 g/mol. The number of hydrogen-bond acceptors (Lipinski definition) is 4. The molecule has 0 radical (unpaired) electrons. The summed E-state index contributed by atoms with van der Waals surface area (Å²) in [5, 5.41) is 3.55. The van der Waals surface area contributed by atoms with Gasteiger partial charge in [-0.2, -0.15) is 11.8 Å². The SMILES string of the molecule is COC1CNC(CN2CCCSCC2)C1. The van der Waals surface area contributed by atoms with Crippen molar-refractivity contribution in [2.45, 2.75) is 25.0 Å². The van der Waals surface area contributed by atoms with Crippen molar-refractivity contribution in [2.75, 3.05) is 44.8 Å². The molecule has 2 saturated heterocycles. The molecule has 2 rings (SSSR count). The highest BCUT2D eigenvalue weighted by Crippen LogP contribution is 2.14. The predicted octanol–water partition coefficient (Wildman–Crippen LogP) is 0.802. The molecule has 0 spiro atoms. The van der Waals surface area contributed by atoms with E-state index in [2.05, 4.69) is 22.0 Å². The highest BCUT2D eigenvalue weighted by Gasteiger charge is 2.25. The summed E-state index contributed by atoms with van der Waals surface area (Å²) in [6.07, 6.45) is 2.97. The highest BCUT2D eigenvalue weighted by atomic mass is 32.2. The van der Waals surface area contributed by atoms with Crippen molar-refractivity contribution < 1.29 is 4.74 Å². The zero-order valence-electron chi connectivity index (χ0n) is 9.58. The Morgan fingerprint density at radius 3 is 3.13 bits per heavy atom. The van der Waals surface area contributed by atoms with Crippen LogP contribution in [-0.2, 0) is 4.74 Å². The molecule has 2 atom stereocenters. The fourth-order valence-corrected chi connectivity index (χ4v) is 3.32. The second-order valence-corrected chi connectivity index (χ2v) is 5.69. The third-order valence-electron chi connectivity index (χ3n) is 3.31. The fraction of sp³-hybridized carbons (Fsp3) is 1.00. The monoisotopic (exact) mass is 230 g/mol. The van der Waals surface area contributed by atoms with Gasteiger partial charge in [0.15, 0.2) is 0 Å². The third kappa shape index (κ3) is 3.63. The fourth-order valence-electron chi connectivity index (χ4n) is 2.39. The summed E-state index contributed by atoms with van der Waals surface area (Å²) in [5.74, 6) is 2.65. The maximum absolute atomic E-state index is 5.37. The lowest BCUT2D eigenvalue weighted by Gasteiger charge is -2.23. The van der Waals surface area contributed by atoms with Crippen LogP contribution in [0.5, 0.6) is 0 Å². The predicted molar refractivity (Wildman–Crippen MR) is 65.6 cm³/mol. The lowest BCUT2D eigenvalue weighted by Crippen LogP contribution is -2.38. The van der Waals surface area contributed by atoms with Gasteiger partial charge in [-0.3, -0.25) is 0 Å². The Labute approximate surface area is 96.9 Å². The van der Waals surface area contributed by atoms with Crippen molar-refractivity contribution in [2.24, 2.45) is 0 Å². The van der Waals surface area contributed by atoms with Crippen LogP contribution in [0.3, 0.4) is 0 Å². The number of thioether (sulfide) groups is 1. The van der Waals surface area contributed by atoms with Gasteiger partial charge in [0.2, 0.25) is 0 Å². The van der Waals surface area contributed by atoms with Crippen LogP contribution in [-0.4, -0.2) is 61.8 Å². The van der Waals surface area contributed by atoms with Gasteiger partial charge < -0.3 is 15.0 Å². The number of rotatable bonds is 3. The summed E-state index contributed by atoms with van der Waals surface area (Å²) < 4.78 is 5.37. The molecule has 2 fully saturated rings. The van der Waals surface area contributed by atoms with E-state index < -0.39 is 0 Å². The quantitative estimate of drug-likeness (QED) is 0.775. The number of nitrogens with zero attached hydrogens (tertiary/aromatic N) is 1. The molecule has 0 amide bonds. The second-order valence-electron chi connectivity index (χ2n) is 4.47. The van der Waals surface area contributed by atoms with Gasteiger partial charge in [0.1, 0.15) is 0 Å². The van der Waals surface area contributed by atoms with Crippen LogP contribution in [0.2, 0.25) is 0 Å². The molecule has 0 aromatic rings. The Kier molecular flexibility index (Phi) is 4.75. The number of nitrogens with one attached hydrogen (secondary N) is 1. The smallest absolute Gasteiger partial charge is 0.0711 e. The Bertz CT molecular complexity index is 183. The summed E-state index contributed by atoms with van der Waals surface area (Å²) >= 11 is 2.10. The van der Waals surface area contributed by atoms with Gasteiger partial charge in [-0.25, -0.2) is 0 Å². The van der Waals surface area contributed by atoms with E-state index in [1.807, 2.05) is 7.11 Å². The van der Waals surface area contributed by atoms with Crippen molar-refractivity contribution in [3.8, 4) is 0 Å². The van der Waals surface area contributed by atoms with Gasteiger partial charge in [-0.15, -0.1) is 0 Å². The van der Waals surface area contributed by atoms with E-state index in [9.17, 15) is 0 Å². The molecular formula is C11H22N2OS. The molecule has 15 heavy (non-hydrogen) atoms. The molecule has 3 nitrogen and oxygen atoms in total. The summed E-state index contributed by atoms with van der Waals surface area (Å²) in [5.41, 5.74) is 0. The zero-order valence-corrected chi connectivity index (χ0v) is 10.4. The van der Waals surface area contributed by atoms with Crippen molar-refractivity contribution in [1.82, 2.24) is 10.2 Å². The van der Waals surface area contributed by atoms with E-state index in [4.69, 9.17) is 4.74 Å². The molecule has 0 aromatic carbocycles. The van der Waals surface area contributed by atoms with Crippen LogP contribution in [0.4, 0.5) is 0 Å². The van der Waals surface area contributed by atoms with Gasteiger partial charge in [0, 0.05) is 38.5 Å². The lowest BCUT2D eigenvalue weighted by molar-refractivity contribution is 0.115. The van der Waals surface area contributed by atoms with E-state index in [1.165, 1.54) is 44.0 Å². The Hall–Kier alpha value is 0.230. The summed E-state index contributed by atoms with van der Waals surface area (Å²) in [6.45, 7) is 4.79. The molecule has 2 aliphatic rings. The van der Waals surface area contributed by atoms with Crippen molar-refractivity contribution in [3.63, 3.8) is 0 Å². The van der Waals surface area contributed by atoms with Crippen LogP contribution >= 0.6 is 11.8 Å². The molecule has 88 valence electrons. The molecule has 2 aliphatic heterocycles. The molecule has 4 heteroatoms. The van der Waals surface area contributed by atoms with E-state index in [0.29, 0.717) is 12.1 Å². The average Bonchev–Trinajstić information content (AvgIpc) is 2.54. The summed E-state index contributed by atoms with van der Waals surface area (Å²) in [6, 6.07) is 0.651. The van der Waals surface area contributed by atoms with Crippen LogP contribution < -0.4 is 5.32 Å². The van der Waals surface area contributed by atoms with Crippen molar-refractivity contribution in [3.05, 3.63) is 0 Å². The van der Waals surface area contributed by atoms with E-state index >= 15 is 0 Å². The van der Waals surface area contributed by atoms with Crippen LogP contribution in [0, 0.1) is 0 Å². The number of methoxy groups -OCH3 is 1. The van der Waals surface area contributed by atoms with E-state index in [1.54, 1.807) is 0 Å². The minimum Gasteiger partial charge on any atom is -0.380 e. The third-order valence-corrected chi connectivity index (χ3v) is 4.36. The molecular weight excluding hydrogens is 208 g/mol. The topological polar surface area (TPSA) is 24.5 Å². The van der Waals surface area contributed by atoms with Crippen molar-refractivity contribution >= 4 is 11.8 Å². The van der Waals surface area contributed by atoms with Crippen LogP contribution in [0.1, 0.15) is 12.8 Å². The zero-order chi connectivity index (χ0) is 10.5. The number of ether oxygens (including phenoxy) is 1. The molecule has 2 heterocycles. The summed E-state index contributed by atoms with van der Waals surface area (Å²) in [4.78, 5) is 2.61. The normalized spacial score (nSPS) is 34.2. The first-order valence-electron chi connectivity index (χ1n) is 5.95. The molecule has 1 N–H and O–H groups in total. The van der Waals surface area contributed by atoms with Gasteiger partial charge in [0.05, 0.1) is 6.10 Å². The lowest BCUT2D eigenvalue weighted by atomic mass is 10.2. The van der Waals surface area contributed by atoms with Crippen LogP contribution in [0.25, 0.3) is 0 Å². The Balaban J connectivity index is 1.71. The highest BCUT2D eigenvalue weighted by molar-refractivity contribution is 7.99. The van der Waals surface area contributed by atoms with Gasteiger partial charge in [-0.05, 0) is 25.1 Å². The minimum absolute atomic E-state index is 0.441. The van der Waals surface area contributed by atoms with Gasteiger partial charge in [-0.1, -0.05) is 0 Å². The summed E-state index contributed by atoms with van der Waals surface area (Å²) in [7, 11) is 1.82. The van der Waals surface area contributed by atoms with Crippen LogP contribution in [0.15, 0.2) is 0 Å². The molecule has 2 unspecified atom stereocenters. The van der Waals surface area contributed by atoms with Gasteiger partial charge in [0.25, 0.3) is 0 Å². The first kappa shape index (κ1) is 11.7. The minimum atomic E-state index is 0.441. The second kappa shape index (κ2) is 6.09. The maximum Gasteiger partial charge on any atom is 0.0711 e. The van der Waals surface area contributed by atoms with Crippen molar-refractivity contribution in [1.29, 1.82) is 0 Å².